The summed E-state index contributed by atoms with van der Waals surface area (Å²) in [6.45, 7) is 3.44. The Kier molecular flexibility index (Phi) is 11.1. The summed E-state index contributed by atoms with van der Waals surface area (Å²) in [4.78, 5) is 28.4. The lowest BCUT2D eigenvalue weighted by Gasteiger charge is -2.32. The molecular weight excluding hydrogens is 581 g/mol. The molecule has 0 aliphatic carbocycles. The van der Waals surface area contributed by atoms with Crippen molar-refractivity contribution in [2.24, 2.45) is 0 Å². The molecule has 0 saturated heterocycles. The number of unbranched alkanes of at least 4 members (excludes halogenated alkanes) is 1. The molecule has 0 radical (unpaired) electrons. The van der Waals surface area contributed by atoms with E-state index in [9.17, 15) is 22.4 Å². The molecule has 0 aromatic heterocycles. The molecule has 4 rings (SSSR count). The van der Waals surface area contributed by atoms with Crippen molar-refractivity contribution in [2.45, 2.75) is 44.2 Å². The van der Waals surface area contributed by atoms with Gasteiger partial charge < -0.3 is 15.0 Å². The predicted octanol–water partition coefficient (Wildman–Crippen LogP) is 6.15. The third kappa shape index (κ3) is 8.44. The van der Waals surface area contributed by atoms with Crippen molar-refractivity contribution in [2.75, 3.05) is 17.4 Å². The Balaban J connectivity index is 1.66. The molecule has 0 saturated carbocycles. The molecule has 0 unspecified atom stereocenters. The van der Waals surface area contributed by atoms with E-state index in [0.717, 1.165) is 17.1 Å². The van der Waals surface area contributed by atoms with Gasteiger partial charge in [0.05, 0.1) is 10.6 Å². The monoisotopic (exact) mass is 617 g/mol. The number of hydrogen-bond donors (Lipinski definition) is 1. The van der Waals surface area contributed by atoms with Crippen molar-refractivity contribution in [3.63, 3.8) is 0 Å². The number of amides is 2. The smallest absolute Gasteiger partial charge is 0.264 e. The zero-order valence-corrected chi connectivity index (χ0v) is 25.5. The first-order valence-electron chi connectivity index (χ1n) is 14.4. The zero-order chi connectivity index (χ0) is 31.5. The summed E-state index contributed by atoms with van der Waals surface area (Å²) in [6, 6.07) is 28.0. The van der Waals surface area contributed by atoms with Crippen molar-refractivity contribution < 1.29 is 27.1 Å². The van der Waals surface area contributed by atoms with Crippen LogP contribution in [0.25, 0.3) is 0 Å². The SMILES string of the molecule is CCCCNC(=O)[C@@H](C)N(Cc1ccc(F)cc1)C(=O)CN(c1ccc(Oc2ccccc2)cc1)S(=O)(=O)c1ccccc1. The normalized spacial score (nSPS) is 11.8. The van der Waals surface area contributed by atoms with Crippen LogP contribution < -0.4 is 14.4 Å². The van der Waals surface area contributed by atoms with Crippen LogP contribution in [0, 0.1) is 5.82 Å². The van der Waals surface area contributed by atoms with Gasteiger partial charge in [0.25, 0.3) is 10.0 Å². The summed E-state index contributed by atoms with van der Waals surface area (Å²) in [5.41, 5.74) is 0.831. The molecular formula is C34H36FN3O5S. The van der Waals surface area contributed by atoms with Crippen LogP contribution in [-0.2, 0) is 26.2 Å². The standard InChI is InChI=1S/C34H36FN3O5S/c1-3-4-23-36-34(40)26(2)37(24-27-15-17-28(35)18-16-27)33(39)25-38(44(41,42)32-13-9-6-10-14-32)29-19-21-31(22-20-29)43-30-11-7-5-8-12-30/h5-22,26H,3-4,23-25H2,1-2H3,(H,36,40)/t26-/m1/s1. The van der Waals surface area contributed by atoms with Gasteiger partial charge in [-0.05, 0) is 79.6 Å². The number of carbonyl (C=O) groups excluding carboxylic acids is 2. The largest absolute Gasteiger partial charge is 0.457 e. The van der Waals surface area contributed by atoms with Crippen molar-refractivity contribution in [3.05, 3.63) is 121 Å². The molecule has 0 bridgehead atoms. The van der Waals surface area contributed by atoms with Crippen molar-refractivity contribution in [1.82, 2.24) is 10.2 Å². The molecule has 4 aromatic carbocycles. The lowest BCUT2D eigenvalue weighted by molar-refractivity contribution is -0.139. The summed E-state index contributed by atoms with van der Waals surface area (Å²) in [7, 11) is -4.20. The molecule has 2 amide bonds. The highest BCUT2D eigenvalue weighted by Gasteiger charge is 2.32. The van der Waals surface area contributed by atoms with E-state index >= 15 is 0 Å². The summed E-state index contributed by atoms with van der Waals surface area (Å²) in [5.74, 6) is -0.298. The summed E-state index contributed by atoms with van der Waals surface area (Å²) in [5, 5.41) is 2.84. The highest BCUT2D eigenvalue weighted by atomic mass is 32.2. The number of hydrogen-bond acceptors (Lipinski definition) is 5. The number of ether oxygens (including phenoxy) is 1. The maximum atomic E-state index is 14.0. The van der Waals surface area contributed by atoms with Crippen LogP contribution in [0.1, 0.15) is 32.3 Å². The number of nitrogens with one attached hydrogen (secondary N) is 1. The summed E-state index contributed by atoms with van der Waals surface area (Å²) >= 11 is 0. The number of benzene rings is 4. The van der Waals surface area contributed by atoms with Gasteiger partial charge in [0, 0.05) is 13.1 Å². The van der Waals surface area contributed by atoms with E-state index in [2.05, 4.69) is 5.32 Å². The van der Waals surface area contributed by atoms with Gasteiger partial charge in [-0.3, -0.25) is 13.9 Å². The molecule has 4 aromatic rings. The molecule has 0 aliphatic heterocycles. The number of para-hydroxylation sites is 1. The van der Waals surface area contributed by atoms with Crippen LogP contribution in [0.3, 0.4) is 0 Å². The molecule has 1 atom stereocenters. The van der Waals surface area contributed by atoms with Gasteiger partial charge in [-0.15, -0.1) is 0 Å². The lowest BCUT2D eigenvalue weighted by Crippen LogP contribution is -2.51. The number of halogens is 1. The van der Waals surface area contributed by atoms with E-state index in [4.69, 9.17) is 4.74 Å². The second-order valence-corrected chi connectivity index (χ2v) is 12.1. The third-order valence-corrected chi connectivity index (χ3v) is 8.76. The number of anilines is 1. The minimum Gasteiger partial charge on any atom is -0.457 e. The lowest BCUT2D eigenvalue weighted by atomic mass is 10.1. The highest BCUT2D eigenvalue weighted by molar-refractivity contribution is 7.92. The molecule has 1 N–H and O–H groups in total. The number of carbonyl (C=O) groups is 2. The van der Waals surface area contributed by atoms with E-state index in [1.54, 1.807) is 61.5 Å². The summed E-state index contributed by atoms with van der Waals surface area (Å²) < 4.78 is 48.4. The quantitative estimate of drug-likeness (QED) is 0.171. The number of rotatable bonds is 14. The molecule has 0 aliphatic rings. The first kappa shape index (κ1) is 32.2. The third-order valence-electron chi connectivity index (χ3n) is 6.98. The van der Waals surface area contributed by atoms with Crippen molar-refractivity contribution in [3.8, 4) is 11.5 Å². The average molecular weight is 618 g/mol. The Hall–Kier alpha value is -4.70. The van der Waals surface area contributed by atoms with Crippen LogP contribution in [0.4, 0.5) is 10.1 Å². The first-order valence-corrected chi connectivity index (χ1v) is 15.9. The molecule has 0 fully saturated rings. The Morgan fingerprint density at radius 1 is 0.841 bits per heavy atom. The first-order chi connectivity index (χ1) is 21.2. The molecule has 0 heterocycles. The van der Waals surface area contributed by atoms with E-state index in [1.165, 1.54) is 41.3 Å². The fourth-order valence-corrected chi connectivity index (χ4v) is 5.89. The van der Waals surface area contributed by atoms with Crippen LogP contribution >= 0.6 is 0 Å². The second-order valence-electron chi connectivity index (χ2n) is 10.2. The minimum atomic E-state index is -4.20. The van der Waals surface area contributed by atoms with Crippen LogP contribution in [0.2, 0.25) is 0 Å². The van der Waals surface area contributed by atoms with E-state index < -0.39 is 34.3 Å². The maximum absolute atomic E-state index is 14.0. The molecule has 0 spiro atoms. The minimum absolute atomic E-state index is 0.00727. The van der Waals surface area contributed by atoms with Gasteiger partial charge >= 0.3 is 0 Å². The molecule has 8 nitrogen and oxygen atoms in total. The van der Waals surface area contributed by atoms with Gasteiger partial charge in [-0.25, -0.2) is 12.8 Å². The van der Waals surface area contributed by atoms with Crippen molar-refractivity contribution in [1.29, 1.82) is 0 Å². The Morgan fingerprint density at radius 3 is 2.05 bits per heavy atom. The molecule has 44 heavy (non-hydrogen) atoms. The van der Waals surface area contributed by atoms with E-state index in [-0.39, 0.29) is 23.0 Å². The van der Waals surface area contributed by atoms with E-state index in [1.807, 2.05) is 25.1 Å². The Bertz CT molecular complexity index is 1620. The van der Waals surface area contributed by atoms with Crippen LogP contribution in [0.5, 0.6) is 11.5 Å². The fourth-order valence-electron chi connectivity index (χ4n) is 4.46. The van der Waals surface area contributed by atoms with Crippen molar-refractivity contribution >= 4 is 27.5 Å². The van der Waals surface area contributed by atoms with Gasteiger partial charge in [0.15, 0.2) is 0 Å². The van der Waals surface area contributed by atoms with Gasteiger partial charge in [-0.2, -0.15) is 0 Å². The highest BCUT2D eigenvalue weighted by Crippen LogP contribution is 2.28. The van der Waals surface area contributed by atoms with Gasteiger partial charge in [0.2, 0.25) is 11.8 Å². The summed E-state index contributed by atoms with van der Waals surface area (Å²) in [6.07, 6.45) is 1.66. The van der Waals surface area contributed by atoms with Gasteiger partial charge in [0.1, 0.15) is 29.9 Å². The van der Waals surface area contributed by atoms with Crippen LogP contribution in [0.15, 0.2) is 114 Å². The maximum Gasteiger partial charge on any atom is 0.264 e. The van der Waals surface area contributed by atoms with Crippen LogP contribution in [-0.4, -0.2) is 44.3 Å². The fraction of sp³-hybridized carbons (Fsp3) is 0.235. The Labute approximate surface area is 258 Å². The number of sulfonamides is 1. The van der Waals surface area contributed by atoms with Gasteiger partial charge in [-0.1, -0.05) is 61.9 Å². The molecule has 10 heteroatoms. The average Bonchev–Trinajstić information content (AvgIpc) is 3.04. The molecule has 230 valence electrons. The Morgan fingerprint density at radius 2 is 1.43 bits per heavy atom. The van der Waals surface area contributed by atoms with E-state index in [0.29, 0.717) is 23.6 Å². The zero-order valence-electron chi connectivity index (χ0n) is 24.7. The predicted molar refractivity (Wildman–Crippen MR) is 168 cm³/mol. The topological polar surface area (TPSA) is 96.0 Å². The second kappa shape index (κ2) is 15.2. The number of nitrogens with zero attached hydrogens (tertiary/aromatic N) is 2.